The third-order valence-electron chi connectivity index (χ3n) is 4.59. The van der Waals surface area contributed by atoms with E-state index >= 15 is 0 Å². The molecular weight excluding hydrogens is 412 g/mol. The van der Waals surface area contributed by atoms with E-state index in [1.807, 2.05) is 0 Å². The van der Waals surface area contributed by atoms with E-state index in [1.165, 1.54) is 25.7 Å². The molecule has 3 atom stereocenters. The predicted octanol–water partition coefficient (Wildman–Crippen LogP) is 1.11. The van der Waals surface area contributed by atoms with Crippen molar-refractivity contribution in [2.45, 2.75) is 24.4 Å². The zero-order valence-corrected chi connectivity index (χ0v) is 17.1. The van der Waals surface area contributed by atoms with Crippen molar-refractivity contribution in [2.24, 2.45) is 10.2 Å². The molecule has 0 saturated carbocycles. The Morgan fingerprint density at radius 3 is 2.63 bits per heavy atom. The lowest BCUT2D eigenvalue weighted by atomic mass is 10.0. The van der Waals surface area contributed by atoms with Gasteiger partial charge in [0.15, 0.2) is 6.04 Å². The van der Waals surface area contributed by atoms with Crippen LogP contribution < -0.4 is 5.32 Å². The summed E-state index contributed by atoms with van der Waals surface area (Å²) in [5.41, 5.74) is 0.748. The monoisotopic (exact) mass is 432 g/mol. The van der Waals surface area contributed by atoms with Crippen molar-refractivity contribution in [1.82, 2.24) is 10.2 Å². The molecule has 0 spiro atoms. The molecule has 2 N–H and O–H groups in total. The standard InChI is InChI=1S/C19H20N4O6S/c1-10(24)29-8-12-9-30-18-14(17(26)23(18)15(12)19(27)28)21-16(25)13(22-20-2)11-6-4-3-5-7-11/h3-7,13-14,18H,8-9H2,1-2H3,(H,21,25)(H,27,28)/t13?,14-,18-/m1/s1. The Bertz CT molecular complexity index is 932. The van der Waals surface area contributed by atoms with Crippen LogP contribution in [0.1, 0.15) is 18.5 Å². The van der Waals surface area contributed by atoms with E-state index < -0.39 is 41.2 Å². The summed E-state index contributed by atoms with van der Waals surface area (Å²) in [6.45, 7) is 1.02. The lowest BCUT2D eigenvalue weighted by Crippen LogP contribution is -2.70. The number of aliphatic carboxylic acids is 1. The number of fused-ring (bicyclic) bond motifs is 1. The van der Waals surface area contributed by atoms with E-state index in [0.29, 0.717) is 11.1 Å². The maximum atomic E-state index is 12.8. The number of benzene rings is 1. The highest BCUT2D eigenvalue weighted by Gasteiger charge is 2.54. The van der Waals surface area contributed by atoms with Crippen molar-refractivity contribution < 1.29 is 29.0 Å². The quantitative estimate of drug-likeness (QED) is 0.374. The van der Waals surface area contributed by atoms with Crippen LogP contribution in [0.15, 0.2) is 51.8 Å². The molecule has 1 aromatic rings. The topological polar surface area (TPSA) is 138 Å². The van der Waals surface area contributed by atoms with Gasteiger partial charge in [0.1, 0.15) is 23.7 Å². The van der Waals surface area contributed by atoms with Gasteiger partial charge in [-0.3, -0.25) is 19.3 Å². The van der Waals surface area contributed by atoms with Crippen molar-refractivity contribution in [1.29, 1.82) is 0 Å². The molecule has 1 unspecified atom stereocenters. The average Bonchev–Trinajstić information content (AvgIpc) is 2.73. The van der Waals surface area contributed by atoms with Gasteiger partial charge in [0.05, 0.1) is 0 Å². The van der Waals surface area contributed by atoms with Gasteiger partial charge in [-0.25, -0.2) is 4.79 Å². The van der Waals surface area contributed by atoms with Crippen LogP contribution in [0.5, 0.6) is 0 Å². The molecule has 3 rings (SSSR count). The Balaban J connectivity index is 1.76. The summed E-state index contributed by atoms with van der Waals surface area (Å²) in [6, 6.07) is 7.00. The van der Waals surface area contributed by atoms with Crippen LogP contribution in [0.2, 0.25) is 0 Å². The molecule has 11 heteroatoms. The van der Waals surface area contributed by atoms with Crippen molar-refractivity contribution in [2.75, 3.05) is 19.4 Å². The molecule has 10 nitrogen and oxygen atoms in total. The molecule has 2 aliphatic rings. The lowest BCUT2D eigenvalue weighted by molar-refractivity contribution is -0.151. The highest BCUT2D eigenvalue weighted by Crippen LogP contribution is 2.40. The number of carbonyl (C=O) groups is 4. The van der Waals surface area contributed by atoms with Crippen molar-refractivity contribution in [3.63, 3.8) is 0 Å². The molecule has 2 heterocycles. The minimum Gasteiger partial charge on any atom is -0.477 e. The number of carboxylic acid groups (broad SMARTS) is 1. The van der Waals surface area contributed by atoms with E-state index in [2.05, 4.69) is 15.5 Å². The molecule has 2 amide bonds. The second-order valence-corrected chi connectivity index (χ2v) is 7.67. The summed E-state index contributed by atoms with van der Waals surface area (Å²) in [5.74, 6) is -2.62. The SMILES string of the molecule is CN=NC(C(=O)N[C@@H]1C(=O)N2C(C(=O)O)=C(COC(C)=O)CS[C@H]12)c1ccccc1. The van der Waals surface area contributed by atoms with Crippen LogP contribution in [0, 0.1) is 0 Å². The number of nitrogens with one attached hydrogen (secondary N) is 1. The van der Waals surface area contributed by atoms with E-state index in [9.17, 15) is 24.3 Å². The summed E-state index contributed by atoms with van der Waals surface area (Å²) >= 11 is 1.29. The first-order valence-corrected chi connectivity index (χ1v) is 10.1. The number of azo groups is 1. The first kappa shape index (κ1) is 21.5. The molecule has 1 fully saturated rings. The van der Waals surface area contributed by atoms with E-state index in [4.69, 9.17) is 4.74 Å². The van der Waals surface area contributed by atoms with Gasteiger partial charge in [-0.15, -0.1) is 11.8 Å². The molecule has 1 aromatic carbocycles. The van der Waals surface area contributed by atoms with Gasteiger partial charge in [-0.05, 0) is 5.56 Å². The fraction of sp³-hybridized carbons (Fsp3) is 0.368. The summed E-state index contributed by atoms with van der Waals surface area (Å²) in [4.78, 5) is 49.4. The second-order valence-electron chi connectivity index (χ2n) is 6.56. The zero-order chi connectivity index (χ0) is 21.8. The number of thioether (sulfide) groups is 1. The average molecular weight is 432 g/mol. The van der Waals surface area contributed by atoms with Crippen molar-refractivity contribution in [3.05, 3.63) is 47.2 Å². The Kier molecular flexibility index (Phi) is 6.50. The molecule has 0 bridgehead atoms. The van der Waals surface area contributed by atoms with Crippen LogP contribution in [-0.2, 0) is 23.9 Å². The van der Waals surface area contributed by atoms with Gasteiger partial charge in [0.25, 0.3) is 11.8 Å². The molecule has 158 valence electrons. The van der Waals surface area contributed by atoms with Crippen molar-refractivity contribution in [3.8, 4) is 0 Å². The predicted molar refractivity (Wildman–Crippen MR) is 106 cm³/mol. The Morgan fingerprint density at radius 1 is 1.33 bits per heavy atom. The minimum absolute atomic E-state index is 0.204. The van der Waals surface area contributed by atoms with Gasteiger partial charge in [-0.1, -0.05) is 30.3 Å². The number of rotatable bonds is 7. The number of nitrogens with zero attached hydrogens (tertiary/aromatic N) is 3. The van der Waals surface area contributed by atoms with Crippen LogP contribution in [0.4, 0.5) is 0 Å². The van der Waals surface area contributed by atoms with Gasteiger partial charge < -0.3 is 15.2 Å². The minimum atomic E-state index is -1.29. The number of ether oxygens (including phenoxy) is 1. The largest absolute Gasteiger partial charge is 0.477 e. The molecule has 0 radical (unpaired) electrons. The summed E-state index contributed by atoms with van der Waals surface area (Å²) in [5, 5.41) is 19.3. The normalized spacial score (nSPS) is 21.7. The first-order valence-electron chi connectivity index (χ1n) is 9.02. The van der Waals surface area contributed by atoms with E-state index in [-0.39, 0.29) is 18.1 Å². The highest BCUT2D eigenvalue weighted by molar-refractivity contribution is 8.00. The van der Waals surface area contributed by atoms with Gasteiger partial charge in [0.2, 0.25) is 0 Å². The van der Waals surface area contributed by atoms with E-state index in [1.54, 1.807) is 30.3 Å². The van der Waals surface area contributed by atoms with Gasteiger partial charge in [-0.2, -0.15) is 10.2 Å². The van der Waals surface area contributed by atoms with Gasteiger partial charge >= 0.3 is 11.9 Å². The van der Waals surface area contributed by atoms with Crippen LogP contribution in [0.3, 0.4) is 0 Å². The third kappa shape index (κ3) is 4.20. The fourth-order valence-electron chi connectivity index (χ4n) is 3.24. The number of hydrogen-bond acceptors (Lipinski definition) is 8. The third-order valence-corrected chi connectivity index (χ3v) is 5.93. The molecule has 1 saturated heterocycles. The molecule has 0 aromatic heterocycles. The first-order chi connectivity index (χ1) is 14.3. The lowest BCUT2D eigenvalue weighted by Gasteiger charge is -2.49. The number of hydrogen-bond donors (Lipinski definition) is 2. The molecule has 30 heavy (non-hydrogen) atoms. The summed E-state index contributed by atoms with van der Waals surface area (Å²) in [6.07, 6.45) is 0. The van der Waals surface area contributed by atoms with Crippen molar-refractivity contribution >= 4 is 35.5 Å². The second kappa shape index (κ2) is 9.08. The molecule has 0 aliphatic carbocycles. The molecular formula is C19H20N4O6S. The Morgan fingerprint density at radius 2 is 2.03 bits per heavy atom. The van der Waals surface area contributed by atoms with Crippen LogP contribution in [0.25, 0.3) is 0 Å². The van der Waals surface area contributed by atoms with E-state index in [0.717, 1.165) is 4.90 Å². The van der Waals surface area contributed by atoms with Crippen LogP contribution >= 0.6 is 11.8 Å². The fourth-order valence-corrected chi connectivity index (χ4v) is 4.56. The van der Waals surface area contributed by atoms with Crippen LogP contribution in [-0.4, -0.2) is 64.6 Å². The number of amides is 2. The highest BCUT2D eigenvalue weighted by atomic mass is 32.2. The number of esters is 1. The zero-order valence-electron chi connectivity index (χ0n) is 16.3. The smallest absolute Gasteiger partial charge is 0.352 e. The number of carboxylic acids is 1. The number of carbonyl (C=O) groups excluding carboxylic acids is 3. The maximum Gasteiger partial charge on any atom is 0.352 e. The maximum absolute atomic E-state index is 12.8. The molecule has 2 aliphatic heterocycles. The Hall–Kier alpha value is -3.21. The summed E-state index contributed by atoms with van der Waals surface area (Å²) in [7, 11) is 1.45. The number of β-lactam (4-membered cyclic amide) rings is 1. The van der Waals surface area contributed by atoms with Gasteiger partial charge in [0, 0.05) is 25.3 Å². The Labute approximate surface area is 176 Å². The summed E-state index contributed by atoms with van der Waals surface area (Å²) < 4.78 is 4.90.